The first-order chi connectivity index (χ1) is 14.9. The van der Waals surface area contributed by atoms with Gasteiger partial charge in [0.05, 0.1) is 11.1 Å². The first-order valence-corrected chi connectivity index (χ1v) is 10.9. The van der Waals surface area contributed by atoms with Gasteiger partial charge in [0.25, 0.3) is 0 Å². The second-order valence-corrected chi connectivity index (χ2v) is 9.16. The number of nitrogens with zero attached hydrogens (tertiary/aromatic N) is 1. The fourth-order valence-corrected chi connectivity index (χ4v) is 5.08. The van der Waals surface area contributed by atoms with E-state index in [4.69, 9.17) is 9.15 Å². The van der Waals surface area contributed by atoms with Gasteiger partial charge in [0.15, 0.2) is 5.76 Å². The van der Waals surface area contributed by atoms with Crippen LogP contribution in [-0.2, 0) is 6.54 Å². The number of hydrogen-bond donors (Lipinski definition) is 1. The van der Waals surface area contributed by atoms with E-state index in [-0.39, 0.29) is 29.7 Å². The lowest BCUT2D eigenvalue weighted by atomic mass is 9.91. The summed E-state index contributed by atoms with van der Waals surface area (Å²) in [5, 5.41) is 11.7. The number of furan rings is 1. The number of para-hydroxylation sites is 1. The van der Waals surface area contributed by atoms with Gasteiger partial charge >= 0.3 is 0 Å². The van der Waals surface area contributed by atoms with Crippen LogP contribution in [0.5, 0.6) is 11.5 Å². The molecule has 2 aliphatic rings. The molecule has 1 fully saturated rings. The molecule has 2 aromatic carbocycles. The highest BCUT2D eigenvalue weighted by molar-refractivity contribution is 6.15. The molecule has 1 N–H and O–H groups in total. The first-order valence-electron chi connectivity index (χ1n) is 10.9. The number of fused-ring (bicyclic) bond motifs is 2. The molecule has 0 aliphatic carbocycles. The molecule has 5 rings (SSSR count). The fourth-order valence-electron chi connectivity index (χ4n) is 5.08. The van der Waals surface area contributed by atoms with E-state index in [0.717, 1.165) is 29.6 Å². The molecule has 168 valence electrons. The molecule has 3 aromatic rings. The number of likely N-dealkylation sites (tertiary alicyclic amines) is 1. The lowest BCUT2D eigenvalue weighted by Crippen LogP contribution is -2.38. The SMILES string of the molecule is Cc1cc(O)c(CN2CC(C)CC(C)C2)c2c1C(=O)/C(=C/c1cc3ccccc3o1)O2.Cl. The molecule has 2 atom stereocenters. The minimum atomic E-state index is -0.172. The van der Waals surface area contributed by atoms with Crippen LogP contribution in [0.1, 0.15) is 47.5 Å². The maximum absolute atomic E-state index is 13.2. The number of aromatic hydroxyl groups is 1. The van der Waals surface area contributed by atoms with Crippen molar-refractivity contribution in [2.75, 3.05) is 13.1 Å². The monoisotopic (exact) mass is 453 g/mol. The van der Waals surface area contributed by atoms with Crippen molar-refractivity contribution in [2.45, 2.75) is 33.7 Å². The number of phenols is 1. The number of hydrogen-bond acceptors (Lipinski definition) is 5. The Hall–Kier alpha value is -2.76. The van der Waals surface area contributed by atoms with Crippen molar-refractivity contribution in [3.8, 4) is 11.5 Å². The summed E-state index contributed by atoms with van der Waals surface area (Å²) in [6.45, 7) is 8.86. The van der Waals surface area contributed by atoms with E-state index in [9.17, 15) is 9.90 Å². The second-order valence-electron chi connectivity index (χ2n) is 9.16. The molecule has 2 aliphatic heterocycles. The summed E-state index contributed by atoms with van der Waals surface area (Å²) in [6, 6.07) is 11.3. The fraction of sp³-hybridized carbons (Fsp3) is 0.346. The number of piperidine rings is 1. The number of phenolic OH excluding ortho intramolecular Hbond substituents is 1. The maximum atomic E-state index is 13.2. The van der Waals surface area contributed by atoms with Crippen LogP contribution < -0.4 is 4.74 Å². The average Bonchev–Trinajstić information content (AvgIpc) is 3.25. The Morgan fingerprint density at radius 3 is 2.59 bits per heavy atom. The molecule has 1 aromatic heterocycles. The number of carbonyl (C=O) groups excluding carboxylic acids is 1. The topological polar surface area (TPSA) is 62.9 Å². The molecule has 2 unspecified atom stereocenters. The van der Waals surface area contributed by atoms with Gasteiger partial charge in [-0.25, -0.2) is 0 Å². The molecule has 32 heavy (non-hydrogen) atoms. The van der Waals surface area contributed by atoms with Crippen LogP contribution in [0.4, 0.5) is 0 Å². The van der Waals surface area contributed by atoms with Gasteiger partial charge in [0.1, 0.15) is 22.8 Å². The lowest BCUT2D eigenvalue weighted by Gasteiger charge is -2.35. The van der Waals surface area contributed by atoms with Crippen LogP contribution in [0.2, 0.25) is 0 Å². The average molecular weight is 454 g/mol. The van der Waals surface area contributed by atoms with Gasteiger partial charge in [0, 0.05) is 31.1 Å². The zero-order valence-electron chi connectivity index (χ0n) is 18.6. The molecular formula is C26H28ClNO4. The number of benzene rings is 2. The second kappa shape index (κ2) is 8.64. The first kappa shape index (κ1) is 22.4. The third kappa shape index (κ3) is 4.03. The summed E-state index contributed by atoms with van der Waals surface area (Å²) in [6.07, 6.45) is 2.86. The summed E-state index contributed by atoms with van der Waals surface area (Å²) in [5.41, 5.74) is 2.70. The van der Waals surface area contributed by atoms with Gasteiger partial charge in [-0.15, -0.1) is 12.4 Å². The highest BCUT2D eigenvalue weighted by Gasteiger charge is 2.34. The van der Waals surface area contributed by atoms with E-state index in [1.165, 1.54) is 6.42 Å². The predicted molar refractivity (Wildman–Crippen MR) is 127 cm³/mol. The Balaban J connectivity index is 0.00000245. The van der Waals surface area contributed by atoms with Crippen molar-refractivity contribution in [3.63, 3.8) is 0 Å². The van der Waals surface area contributed by atoms with Gasteiger partial charge in [-0.1, -0.05) is 32.0 Å². The van der Waals surface area contributed by atoms with E-state index in [2.05, 4.69) is 18.7 Å². The quantitative estimate of drug-likeness (QED) is 0.495. The molecule has 0 saturated carbocycles. The number of halogens is 1. The molecule has 0 amide bonds. The zero-order chi connectivity index (χ0) is 21.7. The van der Waals surface area contributed by atoms with Crippen molar-refractivity contribution >= 4 is 35.2 Å². The van der Waals surface area contributed by atoms with Gasteiger partial charge in [0.2, 0.25) is 5.78 Å². The molecule has 5 nitrogen and oxygen atoms in total. The lowest BCUT2D eigenvalue weighted by molar-refractivity contribution is 0.101. The van der Waals surface area contributed by atoms with Crippen LogP contribution in [0.25, 0.3) is 17.0 Å². The molecule has 6 heteroatoms. The van der Waals surface area contributed by atoms with Gasteiger partial charge in [-0.3, -0.25) is 9.69 Å². The third-order valence-electron chi connectivity index (χ3n) is 6.26. The minimum absolute atomic E-state index is 0. The summed E-state index contributed by atoms with van der Waals surface area (Å²) < 4.78 is 11.9. The van der Waals surface area contributed by atoms with Crippen LogP contribution in [0.15, 0.2) is 46.6 Å². The maximum Gasteiger partial charge on any atom is 0.232 e. The number of ether oxygens (including phenoxy) is 1. The molecule has 3 heterocycles. The number of Topliss-reactive ketones (excluding diaryl/α,β-unsaturated/α-hetero) is 1. The number of carbonyl (C=O) groups is 1. The standard InChI is InChI=1S/C26H27NO4.ClH/c1-15-8-16(2)13-27(12-15)14-20-21(28)9-17(3)24-25(29)23(31-26(20)24)11-19-10-18-6-4-5-7-22(18)30-19;/h4-7,9-11,15-16,28H,8,12-14H2,1-3H3;1H/b23-11-;. The predicted octanol–water partition coefficient (Wildman–Crippen LogP) is 5.96. The van der Waals surface area contributed by atoms with Gasteiger partial charge < -0.3 is 14.3 Å². The number of ketones is 1. The molecule has 0 spiro atoms. The number of allylic oxidation sites excluding steroid dienone is 1. The van der Waals surface area contributed by atoms with Crippen molar-refractivity contribution in [1.29, 1.82) is 0 Å². The third-order valence-corrected chi connectivity index (χ3v) is 6.26. The highest BCUT2D eigenvalue weighted by atomic mass is 35.5. The summed E-state index contributed by atoms with van der Waals surface area (Å²) in [5.74, 6) is 2.50. The summed E-state index contributed by atoms with van der Waals surface area (Å²) in [7, 11) is 0. The Kier molecular flexibility index (Phi) is 6.06. The Morgan fingerprint density at radius 2 is 1.88 bits per heavy atom. The molecule has 0 bridgehead atoms. The van der Waals surface area contributed by atoms with E-state index in [1.807, 2.05) is 37.3 Å². The van der Waals surface area contributed by atoms with E-state index >= 15 is 0 Å². The van der Waals surface area contributed by atoms with E-state index in [1.54, 1.807) is 12.1 Å². The van der Waals surface area contributed by atoms with Crippen LogP contribution in [0.3, 0.4) is 0 Å². The highest BCUT2D eigenvalue weighted by Crippen LogP contribution is 2.43. The molecule has 1 saturated heterocycles. The normalized spacial score (nSPS) is 22.1. The Bertz CT molecular complexity index is 1170. The minimum Gasteiger partial charge on any atom is -0.507 e. The van der Waals surface area contributed by atoms with Crippen LogP contribution in [0, 0.1) is 18.8 Å². The van der Waals surface area contributed by atoms with Crippen molar-refractivity contribution in [1.82, 2.24) is 4.90 Å². The van der Waals surface area contributed by atoms with Gasteiger partial charge in [-0.05, 0) is 48.9 Å². The van der Waals surface area contributed by atoms with Crippen LogP contribution >= 0.6 is 12.4 Å². The van der Waals surface area contributed by atoms with Gasteiger partial charge in [-0.2, -0.15) is 0 Å². The van der Waals surface area contributed by atoms with E-state index < -0.39 is 0 Å². The van der Waals surface area contributed by atoms with Crippen molar-refractivity contribution < 1.29 is 19.1 Å². The Labute approximate surface area is 194 Å². The number of rotatable bonds is 3. The van der Waals surface area contributed by atoms with Crippen LogP contribution in [-0.4, -0.2) is 28.9 Å². The summed E-state index contributed by atoms with van der Waals surface area (Å²) in [4.78, 5) is 15.5. The Morgan fingerprint density at radius 1 is 1.16 bits per heavy atom. The van der Waals surface area contributed by atoms with Crippen molar-refractivity contribution in [3.05, 3.63) is 64.6 Å². The van der Waals surface area contributed by atoms with Crippen molar-refractivity contribution in [2.24, 2.45) is 11.8 Å². The smallest absolute Gasteiger partial charge is 0.232 e. The number of aryl methyl sites for hydroxylation is 1. The zero-order valence-corrected chi connectivity index (χ0v) is 19.4. The van der Waals surface area contributed by atoms with E-state index in [0.29, 0.717) is 41.0 Å². The molecule has 0 radical (unpaired) electrons. The largest absolute Gasteiger partial charge is 0.507 e. The molecular weight excluding hydrogens is 426 g/mol. The summed E-state index contributed by atoms with van der Waals surface area (Å²) >= 11 is 0.